The maximum absolute atomic E-state index is 12.7. The quantitative estimate of drug-likeness (QED) is 0.569. The Bertz CT molecular complexity index is 856. The second-order valence-electron chi connectivity index (χ2n) is 8.19. The van der Waals surface area contributed by atoms with Gasteiger partial charge in [0.05, 0.1) is 18.6 Å². The molecule has 30 heavy (non-hydrogen) atoms. The molecule has 0 radical (unpaired) electrons. The summed E-state index contributed by atoms with van der Waals surface area (Å²) in [5.41, 5.74) is 2.22. The van der Waals surface area contributed by atoms with Crippen LogP contribution in [0.4, 0.5) is 0 Å². The van der Waals surface area contributed by atoms with E-state index in [4.69, 9.17) is 4.99 Å². The molecule has 1 saturated heterocycles. The van der Waals surface area contributed by atoms with E-state index < -0.39 is 0 Å². The topological polar surface area (TPSA) is 74.6 Å². The first-order valence-electron chi connectivity index (χ1n) is 11.1. The lowest BCUT2D eigenvalue weighted by Gasteiger charge is -2.21. The highest BCUT2D eigenvalue weighted by molar-refractivity contribution is 5.81. The molecular formula is C23H32N6O. The molecule has 7 nitrogen and oxygen atoms in total. The SMILES string of the molecule is CCNC(=NCc1ccccc1-n1ccnc1)NC1CCN(C(=O)C2CCCC2)C1. The molecule has 2 aliphatic rings. The highest BCUT2D eigenvalue weighted by Crippen LogP contribution is 2.27. The van der Waals surface area contributed by atoms with E-state index in [2.05, 4.69) is 34.7 Å². The van der Waals surface area contributed by atoms with E-state index in [0.717, 1.165) is 56.1 Å². The zero-order chi connectivity index (χ0) is 20.8. The molecule has 1 atom stereocenters. The Morgan fingerprint density at radius 1 is 1.23 bits per heavy atom. The van der Waals surface area contributed by atoms with Gasteiger partial charge in [-0.2, -0.15) is 0 Å². The lowest BCUT2D eigenvalue weighted by Crippen LogP contribution is -2.45. The van der Waals surface area contributed by atoms with Crippen molar-refractivity contribution in [2.75, 3.05) is 19.6 Å². The largest absolute Gasteiger partial charge is 0.357 e. The van der Waals surface area contributed by atoms with Crippen molar-refractivity contribution in [3.63, 3.8) is 0 Å². The maximum Gasteiger partial charge on any atom is 0.225 e. The van der Waals surface area contributed by atoms with E-state index in [-0.39, 0.29) is 12.0 Å². The number of aromatic nitrogens is 2. The normalized spacial score (nSPS) is 20.0. The summed E-state index contributed by atoms with van der Waals surface area (Å²) >= 11 is 0. The predicted octanol–water partition coefficient (Wildman–Crippen LogP) is 2.72. The molecule has 0 bridgehead atoms. The molecule has 2 N–H and O–H groups in total. The molecule has 2 aromatic rings. The smallest absolute Gasteiger partial charge is 0.225 e. The number of benzene rings is 1. The van der Waals surface area contributed by atoms with Gasteiger partial charge in [-0.05, 0) is 37.8 Å². The van der Waals surface area contributed by atoms with Crippen LogP contribution in [0.25, 0.3) is 5.69 Å². The van der Waals surface area contributed by atoms with Gasteiger partial charge in [0, 0.05) is 44.0 Å². The first-order chi connectivity index (χ1) is 14.7. The van der Waals surface area contributed by atoms with Gasteiger partial charge in [0.2, 0.25) is 5.91 Å². The number of nitrogens with zero attached hydrogens (tertiary/aromatic N) is 4. The maximum atomic E-state index is 12.7. The highest BCUT2D eigenvalue weighted by Gasteiger charge is 2.32. The second kappa shape index (κ2) is 9.78. The number of para-hydroxylation sites is 1. The van der Waals surface area contributed by atoms with Crippen molar-refractivity contribution in [2.24, 2.45) is 10.9 Å². The number of hydrogen-bond donors (Lipinski definition) is 2. The summed E-state index contributed by atoms with van der Waals surface area (Å²) in [7, 11) is 0. The van der Waals surface area contributed by atoms with Crippen LogP contribution >= 0.6 is 0 Å². The van der Waals surface area contributed by atoms with E-state index in [1.54, 1.807) is 12.5 Å². The van der Waals surface area contributed by atoms with Crippen molar-refractivity contribution >= 4 is 11.9 Å². The van der Waals surface area contributed by atoms with Crippen LogP contribution in [0.3, 0.4) is 0 Å². The van der Waals surface area contributed by atoms with Crippen LogP contribution in [0.2, 0.25) is 0 Å². The van der Waals surface area contributed by atoms with Crippen LogP contribution in [-0.4, -0.2) is 52.0 Å². The molecule has 1 aliphatic heterocycles. The fourth-order valence-corrected chi connectivity index (χ4v) is 4.48. The molecule has 1 aliphatic carbocycles. The molecule has 2 heterocycles. The van der Waals surface area contributed by atoms with E-state index in [9.17, 15) is 4.79 Å². The van der Waals surface area contributed by atoms with Crippen molar-refractivity contribution in [1.82, 2.24) is 25.1 Å². The number of carbonyl (C=O) groups excluding carboxylic acids is 1. The van der Waals surface area contributed by atoms with Crippen LogP contribution in [0.15, 0.2) is 48.0 Å². The summed E-state index contributed by atoms with van der Waals surface area (Å²) in [6, 6.07) is 8.49. The molecule has 4 rings (SSSR count). The summed E-state index contributed by atoms with van der Waals surface area (Å²) in [5.74, 6) is 1.41. The van der Waals surface area contributed by atoms with Gasteiger partial charge in [0.15, 0.2) is 5.96 Å². The molecule has 7 heteroatoms. The first-order valence-corrected chi connectivity index (χ1v) is 11.1. The van der Waals surface area contributed by atoms with Crippen LogP contribution in [0.5, 0.6) is 0 Å². The minimum Gasteiger partial charge on any atom is -0.357 e. The number of imidazole rings is 1. The molecule has 1 amide bonds. The zero-order valence-electron chi connectivity index (χ0n) is 17.8. The van der Waals surface area contributed by atoms with Gasteiger partial charge in [-0.15, -0.1) is 0 Å². The summed E-state index contributed by atoms with van der Waals surface area (Å²) in [5, 5.41) is 6.89. The molecule has 1 aromatic heterocycles. The molecule has 2 fully saturated rings. The average Bonchev–Trinajstić information content (AvgIpc) is 3.55. The minimum absolute atomic E-state index is 0.247. The molecule has 0 spiro atoms. The second-order valence-corrected chi connectivity index (χ2v) is 8.19. The standard InChI is InChI=1S/C23H32N6O/c1-2-25-23(26-15-19-9-5-6-10-21(19)29-14-12-24-17-29)27-20-11-13-28(16-20)22(30)18-7-3-4-8-18/h5-6,9-10,12,14,17-18,20H,2-4,7-8,11,13,15-16H2,1H3,(H2,25,26,27). The lowest BCUT2D eigenvalue weighted by atomic mass is 10.1. The Balaban J connectivity index is 1.39. The van der Waals surface area contributed by atoms with Gasteiger partial charge in [-0.25, -0.2) is 9.98 Å². The van der Waals surface area contributed by atoms with Crippen LogP contribution in [0.1, 0.15) is 44.6 Å². The number of guanidine groups is 1. The van der Waals surface area contributed by atoms with Gasteiger partial charge in [0.1, 0.15) is 0 Å². The fourth-order valence-electron chi connectivity index (χ4n) is 4.48. The monoisotopic (exact) mass is 408 g/mol. The first kappa shape index (κ1) is 20.4. The van der Waals surface area contributed by atoms with Gasteiger partial charge in [-0.1, -0.05) is 31.0 Å². The third-order valence-electron chi connectivity index (χ3n) is 6.07. The van der Waals surface area contributed by atoms with E-state index in [1.165, 1.54) is 12.8 Å². The molecule has 1 saturated carbocycles. The molecular weight excluding hydrogens is 376 g/mol. The third-order valence-corrected chi connectivity index (χ3v) is 6.07. The number of amides is 1. The number of likely N-dealkylation sites (tertiary alicyclic amines) is 1. The molecule has 1 unspecified atom stereocenters. The molecule has 1 aromatic carbocycles. The van der Waals surface area contributed by atoms with Gasteiger partial charge >= 0.3 is 0 Å². The summed E-state index contributed by atoms with van der Waals surface area (Å²) in [6.07, 6.45) is 11.0. The van der Waals surface area contributed by atoms with E-state index >= 15 is 0 Å². The van der Waals surface area contributed by atoms with Crippen molar-refractivity contribution in [3.8, 4) is 5.69 Å². The Kier molecular flexibility index (Phi) is 6.67. The Morgan fingerprint density at radius 2 is 2.07 bits per heavy atom. The van der Waals surface area contributed by atoms with Crippen LogP contribution < -0.4 is 10.6 Å². The Hall–Kier alpha value is -2.83. The number of rotatable bonds is 6. The Labute approximate surface area is 178 Å². The van der Waals surface area contributed by atoms with Crippen molar-refractivity contribution in [1.29, 1.82) is 0 Å². The van der Waals surface area contributed by atoms with Crippen molar-refractivity contribution in [3.05, 3.63) is 48.5 Å². The number of carbonyl (C=O) groups is 1. The third kappa shape index (κ3) is 4.83. The number of nitrogens with one attached hydrogen (secondary N) is 2. The number of hydrogen-bond acceptors (Lipinski definition) is 3. The van der Waals surface area contributed by atoms with Gasteiger partial charge < -0.3 is 20.1 Å². The van der Waals surface area contributed by atoms with E-state index in [0.29, 0.717) is 12.5 Å². The number of aliphatic imine (C=N–C) groups is 1. The van der Waals surface area contributed by atoms with Crippen LogP contribution in [0, 0.1) is 5.92 Å². The van der Waals surface area contributed by atoms with Crippen LogP contribution in [-0.2, 0) is 11.3 Å². The molecule has 160 valence electrons. The van der Waals surface area contributed by atoms with Gasteiger partial charge in [-0.3, -0.25) is 4.79 Å². The van der Waals surface area contributed by atoms with Crippen molar-refractivity contribution < 1.29 is 4.79 Å². The summed E-state index contributed by atoms with van der Waals surface area (Å²) in [6.45, 7) is 5.05. The predicted molar refractivity (Wildman–Crippen MR) is 118 cm³/mol. The van der Waals surface area contributed by atoms with Gasteiger partial charge in [0.25, 0.3) is 0 Å². The Morgan fingerprint density at radius 3 is 2.83 bits per heavy atom. The summed E-state index contributed by atoms with van der Waals surface area (Å²) < 4.78 is 2.01. The minimum atomic E-state index is 0.247. The van der Waals surface area contributed by atoms with E-state index in [1.807, 2.05) is 27.8 Å². The lowest BCUT2D eigenvalue weighted by molar-refractivity contribution is -0.134. The average molecular weight is 409 g/mol. The highest BCUT2D eigenvalue weighted by atomic mass is 16.2. The zero-order valence-corrected chi connectivity index (χ0v) is 17.8. The fraction of sp³-hybridized carbons (Fsp3) is 0.522. The summed E-state index contributed by atoms with van der Waals surface area (Å²) in [4.78, 5) is 23.7. The van der Waals surface area contributed by atoms with Crippen molar-refractivity contribution in [2.45, 2.75) is 51.6 Å².